The highest BCUT2D eigenvalue weighted by Gasteiger charge is 2.05. The van der Waals surface area contributed by atoms with Gasteiger partial charge in [0.15, 0.2) is 11.6 Å². The van der Waals surface area contributed by atoms with Crippen molar-refractivity contribution in [1.82, 2.24) is 5.32 Å². The Labute approximate surface area is 119 Å². The maximum Gasteiger partial charge on any atom is 0.220 e. The number of carbonyl (C=O) groups excluding carboxylic acids is 1. The molecular formula is C15H23FN2O2. The van der Waals surface area contributed by atoms with E-state index in [9.17, 15) is 9.18 Å². The summed E-state index contributed by atoms with van der Waals surface area (Å²) in [5, 5.41) is 2.78. The number of benzene rings is 1. The van der Waals surface area contributed by atoms with E-state index in [1.807, 2.05) is 0 Å². The molecule has 1 amide bonds. The molecule has 0 aliphatic rings. The minimum absolute atomic E-state index is 0.00558. The molecule has 0 atom stereocenters. The van der Waals surface area contributed by atoms with Crippen LogP contribution in [0.1, 0.15) is 37.7 Å². The van der Waals surface area contributed by atoms with Crippen LogP contribution in [0, 0.1) is 5.82 Å². The number of ether oxygens (including phenoxy) is 1. The molecule has 5 heteroatoms. The van der Waals surface area contributed by atoms with Gasteiger partial charge in [0.2, 0.25) is 5.91 Å². The monoisotopic (exact) mass is 282 g/mol. The van der Waals surface area contributed by atoms with Crippen molar-refractivity contribution in [2.75, 3.05) is 13.7 Å². The number of amides is 1. The van der Waals surface area contributed by atoms with Gasteiger partial charge in [-0.25, -0.2) is 4.39 Å². The van der Waals surface area contributed by atoms with Gasteiger partial charge < -0.3 is 15.8 Å². The van der Waals surface area contributed by atoms with Gasteiger partial charge in [0.1, 0.15) is 0 Å². The van der Waals surface area contributed by atoms with Crippen LogP contribution in [0.2, 0.25) is 0 Å². The van der Waals surface area contributed by atoms with Gasteiger partial charge in [-0.2, -0.15) is 0 Å². The van der Waals surface area contributed by atoms with E-state index >= 15 is 0 Å². The lowest BCUT2D eigenvalue weighted by Crippen LogP contribution is -2.22. The molecule has 0 aliphatic carbocycles. The third-order valence-electron chi connectivity index (χ3n) is 3.06. The lowest BCUT2D eigenvalue weighted by atomic mass is 10.1. The van der Waals surface area contributed by atoms with Gasteiger partial charge in [-0.15, -0.1) is 0 Å². The maximum absolute atomic E-state index is 13.4. The van der Waals surface area contributed by atoms with Gasteiger partial charge in [-0.3, -0.25) is 4.79 Å². The predicted molar refractivity (Wildman–Crippen MR) is 76.9 cm³/mol. The molecule has 0 aromatic heterocycles. The number of halogens is 1. The van der Waals surface area contributed by atoms with Crippen molar-refractivity contribution in [3.8, 4) is 5.75 Å². The van der Waals surface area contributed by atoms with Crippen molar-refractivity contribution in [1.29, 1.82) is 0 Å². The van der Waals surface area contributed by atoms with Crippen LogP contribution >= 0.6 is 0 Å². The average Bonchev–Trinajstić information content (AvgIpc) is 2.45. The van der Waals surface area contributed by atoms with E-state index in [1.54, 1.807) is 12.1 Å². The Morgan fingerprint density at radius 2 is 2.05 bits per heavy atom. The fourth-order valence-corrected chi connectivity index (χ4v) is 1.89. The Morgan fingerprint density at radius 1 is 1.30 bits per heavy atom. The Bertz CT molecular complexity index is 424. The second-order valence-electron chi connectivity index (χ2n) is 4.70. The van der Waals surface area contributed by atoms with E-state index in [0.29, 0.717) is 19.5 Å². The van der Waals surface area contributed by atoms with Gasteiger partial charge in [0.25, 0.3) is 0 Å². The number of nitrogens with two attached hydrogens (primary N) is 1. The number of methoxy groups -OCH3 is 1. The molecule has 0 saturated carbocycles. The molecular weight excluding hydrogens is 259 g/mol. The first-order valence-corrected chi connectivity index (χ1v) is 6.96. The van der Waals surface area contributed by atoms with Gasteiger partial charge in [0.05, 0.1) is 7.11 Å². The van der Waals surface area contributed by atoms with E-state index < -0.39 is 5.82 Å². The van der Waals surface area contributed by atoms with Crippen molar-refractivity contribution in [2.45, 2.75) is 38.6 Å². The normalized spacial score (nSPS) is 10.3. The fraction of sp³-hybridized carbons (Fsp3) is 0.533. The molecule has 0 bridgehead atoms. The number of nitrogens with one attached hydrogen (secondary N) is 1. The van der Waals surface area contributed by atoms with E-state index in [4.69, 9.17) is 10.5 Å². The molecule has 0 unspecified atom stereocenters. The van der Waals surface area contributed by atoms with Crippen LogP contribution in [0.15, 0.2) is 18.2 Å². The molecule has 0 heterocycles. The zero-order chi connectivity index (χ0) is 14.8. The van der Waals surface area contributed by atoms with Crippen molar-refractivity contribution in [3.63, 3.8) is 0 Å². The average molecular weight is 282 g/mol. The second-order valence-corrected chi connectivity index (χ2v) is 4.70. The fourth-order valence-electron chi connectivity index (χ4n) is 1.89. The molecule has 20 heavy (non-hydrogen) atoms. The highest BCUT2D eigenvalue weighted by molar-refractivity contribution is 5.75. The van der Waals surface area contributed by atoms with Crippen molar-refractivity contribution < 1.29 is 13.9 Å². The molecule has 3 N–H and O–H groups in total. The lowest BCUT2D eigenvalue weighted by Gasteiger charge is -2.07. The van der Waals surface area contributed by atoms with Crippen LogP contribution < -0.4 is 15.8 Å². The Morgan fingerprint density at radius 3 is 2.70 bits per heavy atom. The first-order chi connectivity index (χ1) is 9.67. The van der Waals surface area contributed by atoms with Crippen LogP contribution in [0.3, 0.4) is 0 Å². The standard InChI is InChI=1S/C15H23FN2O2/c1-20-14-8-7-12(10-13(14)16)11-18-15(19)6-4-2-3-5-9-17/h7-8,10H,2-6,9,11,17H2,1H3,(H,18,19). The van der Waals surface area contributed by atoms with E-state index in [1.165, 1.54) is 13.2 Å². The first kappa shape index (κ1) is 16.4. The number of carbonyl (C=O) groups is 1. The third kappa shape index (κ3) is 6.02. The summed E-state index contributed by atoms with van der Waals surface area (Å²) in [5.74, 6) is -0.213. The van der Waals surface area contributed by atoms with E-state index in [2.05, 4.69) is 5.32 Å². The molecule has 0 radical (unpaired) electrons. The Kier molecular flexibility index (Phi) is 7.65. The summed E-state index contributed by atoms with van der Waals surface area (Å²) >= 11 is 0. The summed E-state index contributed by atoms with van der Waals surface area (Å²) in [6.45, 7) is 1.04. The second kappa shape index (κ2) is 9.31. The Balaban J connectivity index is 2.25. The van der Waals surface area contributed by atoms with Gasteiger partial charge in [-0.1, -0.05) is 18.9 Å². The van der Waals surface area contributed by atoms with Crippen LogP contribution in [0.4, 0.5) is 4.39 Å². The smallest absolute Gasteiger partial charge is 0.220 e. The molecule has 4 nitrogen and oxygen atoms in total. The summed E-state index contributed by atoms with van der Waals surface area (Å²) in [7, 11) is 1.42. The summed E-state index contributed by atoms with van der Waals surface area (Å²) in [6, 6.07) is 4.67. The molecule has 0 spiro atoms. The highest BCUT2D eigenvalue weighted by atomic mass is 19.1. The molecule has 0 aliphatic heterocycles. The molecule has 1 aromatic carbocycles. The molecule has 0 fully saturated rings. The van der Waals surface area contributed by atoms with Crippen LogP contribution in [0.5, 0.6) is 5.75 Å². The minimum atomic E-state index is -0.416. The lowest BCUT2D eigenvalue weighted by molar-refractivity contribution is -0.121. The SMILES string of the molecule is COc1ccc(CNC(=O)CCCCCCN)cc1F. The van der Waals surface area contributed by atoms with Crippen LogP contribution in [-0.4, -0.2) is 19.6 Å². The molecule has 1 aromatic rings. The highest BCUT2D eigenvalue weighted by Crippen LogP contribution is 2.17. The van der Waals surface area contributed by atoms with Crippen LogP contribution in [-0.2, 0) is 11.3 Å². The topological polar surface area (TPSA) is 64.3 Å². The summed E-state index contributed by atoms with van der Waals surface area (Å²) < 4.78 is 18.3. The summed E-state index contributed by atoms with van der Waals surface area (Å²) in [5.41, 5.74) is 6.12. The zero-order valence-electron chi connectivity index (χ0n) is 12.0. The summed E-state index contributed by atoms with van der Waals surface area (Å²) in [6.07, 6.45) is 4.45. The predicted octanol–water partition coefficient (Wildman–Crippen LogP) is 2.36. The van der Waals surface area contributed by atoms with Crippen molar-refractivity contribution in [2.24, 2.45) is 5.73 Å². The Hall–Kier alpha value is -1.62. The number of rotatable bonds is 9. The van der Waals surface area contributed by atoms with Crippen molar-refractivity contribution >= 4 is 5.91 Å². The third-order valence-corrected chi connectivity index (χ3v) is 3.06. The first-order valence-electron chi connectivity index (χ1n) is 6.96. The molecule has 1 rings (SSSR count). The minimum Gasteiger partial charge on any atom is -0.494 e. The largest absolute Gasteiger partial charge is 0.494 e. The zero-order valence-corrected chi connectivity index (χ0v) is 12.0. The van der Waals surface area contributed by atoms with E-state index in [-0.39, 0.29) is 11.7 Å². The van der Waals surface area contributed by atoms with Gasteiger partial charge >= 0.3 is 0 Å². The number of hydrogen-bond donors (Lipinski definition) is 2. The molecule has 112 valence electrons. The summed E-state index contributed by atoms with van der Waals surface area (Å²) in [4.78, 5) is 11.6. The van der Waals surface area contributed by atoms with Crippen molar-refractivity contribution in [3.05, 3.63) is 29.6 Å². The van der Waals surface area contributed by atoms with E-state index in [0.717, 1.165) is 31.2 Å². The quantitative estimate of drug-likeness (QED) is 0.683. The molecule has 0 saturated heterocycles. The number of hydrogen-bond acceptors (Lipinski definition) is 3. The van der Waals surface area contributed by atoms with Gasteiger partial charge in [0, 0.05) is 13.0 Å². The maximum atomic E-state index is 13.4. The van der Waals surface area contributed by atoms with Gasteiger partial charge in [-0.05, 0) is 37.1 Å². The number of unbranched alkanes of at least 4 members (excludes halogenated alkanes) is 3. The van der Waals surface area contributed by atoms with Crippen LogP contribution in [0.25, 0.3) is 0 Å².